The normalized spacial score (nSPS) is 29.9. The molecule has 3 rings (SSSR count). The summed E-state index contributed by atoms with van der Waals surface area (Å²) in [5.74, 6) is -1.10. The third-order valence-electron chi connectivity index (χ3n) is 4.20. The number of esters is 2. The van der Waals surface area contributed by atoms with E-state index in [-0.39, 0.29) is 0 Å². The van der Waals surface area contributed by atoms with E-state index in [1.165, 1.54) is 31.2 Å². The largest absolute Gasteiger partial charge is 0.453 e. The SMILES string of the molecule is C[C@@H](O)[C@H](C=C[C@@H]1O[C@@H]2C=CC(=O)O[C@@H]2[C@@H]1O)OC(=O)c1ccccc1. The van der Waals surface area contributed by atoms with E-state index in [0.29, 0.717) is 5.56 Å². The van der Waals surface area contributed by atoms with Crippen molar-refractivity contribution in [3.63, 3.8) is 0 Å². The minimum Gasteiger partial charge on any atom is -0.453 e. The highest BCUT2D eigenvalue weighted by molar-refractivity contribution is 5.89. The summed E-state index contributed by atoms with van der Waals surface area (Å²) in [7, 11) is 0. The van der Waals surface area contributed by atoms with Crippen molar-refractivity contribution in [2.24, 2.45) is 0 Å². The van der Waals surface area contributed by atoms with Crippen LogP contribution in [0, 0.1) is 0 Å². The van der Waals surface area contributed by atoms with Crippen LogP contribution in [-0.4, -0.2) is 58.8 Å². The fourth-order valence-electron chi connectivity index (χ4n) is 2.80. The van der Waals surface area contributed by atoms with Gasteiger partial charge in [-0.05, 0) is 31.2 Å². The third kappa shape index (κ3) is 4.01. The van der Waals surface area contributed by atoms with E-state index in [2.05, 4.69) is 0 Å². The van der Waals surface area contributed by atoms with E-state index in [1.807, 2.05) is 0 Å². The van der Waals surface area contributed by atoms with E-state index < -0.39 is 48.6 Å². The van der Waals surface area contributed by atoms with Gasteiger partial charge in [0.05, 0.1) is 11.7 Å². The monoisotopic (exact) mass is 360 g/mol. The first-order valence-corrected chi connectivity index (χ1v) is 8.30. The number of aliphatic hydroxyl groups excluding tert-OH is 2. The number of benzene rings is 1. The van der Waals surface area contributed by atoms with Crippen LogP contribution in [0.25, 0.3) is 0 Å². The van der Waals surface area contributed by atoms with Crippen LogP contribution in [0.3, 0.4) is 0 Å². The Kier molecular flexibility index (Phi) is 5.51. The molecule has 7 heteroatoms. The highest BCUT2D eigenvalue weighted by Crippen LogP contribution is 2.28. The number of hydrogen-bond acceptors (Lipinski definition) is 7. The number of carbonyl (C=O) groups is 2. The first kappa shape index (κ1) is 18.3. The molecule has 0 radical (unpaired) electrons. The molecule has 0 spiro atoms. The summed E-state index contributed by atoms with van der Waals surface area (Å²) in [6, 6.07) is 8.43. The zero-order chi connectivity index (χ0) is 18.7. The standard InChI is InChI=1S/C19H20O7/c1-11(20)13(25-19(23)12-5-3-2-4-6-12)7-8-14-17(22)18-15(24-14)9-10-16(21)26-18/h2-11,13-15,17-18,20,22H,1H3/t11-,13+,14+,15-,17-,18+/m1/s1. The molecule has 0 saturated carbocycles. The van der Waals surface area contributed by atoms with E-state index in [1.54, 1.807) is 30.3 Å². The minimum atomic E-state index is -1.05. The predicted molar refractivity (Wildman–Crippen MR) is 90.2 cm³/mol. The lowest BCUT2D eigenvalue weighted by Crippen LogP contribution is -2.38. The second-order valence-electron chi connectivity index (χ2n) is 6.18. The van der Waals surface area contributed by atoms with Crippen LogP contribution in [0.1, 0.15) is 17.3 Å². The van der Waals surface area contributed by atoms with E-state index in [4.69, 9.17) is 14.2 Å². The van der Waals surface area contributed by atoms with Crippen molar-refractivity contribution >= 4 is 11.9 Å². The Balaban J connectivity index is 1.66. The maximum atomic E-state index is 12.1. The Morgan fingerprint density at radius 3 is 2.73 bits per heavy atom. The molecule has 0 aliphatic carbocycles. The Bertz CT molecular complexity index is 710. The van der Waals surface area contributed by atoms with Gasteiger partial charge in [-0.25, -0.2) is 9.59 Å². The maximum absolute atomic E-state index is 12.1. The van der Waals surface area contributed by atoms with Crippen LogP contribution >= 0.6 is 0 Å². The first-order valence-electron chi connectivity index (χ1n) is 8.30. The number of fused-ring (bicyclic) bond motifs is 1. The zero-order valence-corrected chi connectivity index (χ0v) is 14.1. The molecule has 1 aromatic rings. The number of hydrogen-bond donors (Lipinski definition) is 2. The van der Waals surface area contributed by atoms with Crippen LogP contribution in [-0.2, 0) is 19.0 Å². The second-order valence-corrected chi connectivity index (χ2v) is 6.18. The molecule has 2 aliphatic heterocycles. The van der Waals surface area contributed by atoms with E-state index in [0.717, 1.165) is 0 Å². The topological polar surface area (TPSA) is 102 Å². The van der Waals surface area contributed by atoms with Crippen molar-refractivity contribution in [1.29, 1.82) is 0 Å². The number of carbonyl (C=O) groups excluding carboxylic acids is 2. The van der Waals surface area contributed by atoms with Crippen LogP contribution in [0.5, 0.6) is 0 Å². The molecule has 2 N–H and O–H groups in total. The maximum Gasteiger partial charge on any atom is 0.338 e. The lowest BCUT2D eigenvalue weighted by Gasteiger charge is -2.20. The lowest BCUT2D eigenvalue weighted by atomic mass is 10.0. The van der Waals surface area contributed by atoms with Crippen LogP contribution in [0.4, 0.5) is 0 Å². The average molecular weight is 360 g/mol. The quantitative estimate of drug-likeness (QED) is 0.590. The summed E-state index contributed by atoms with van der Waals surface area (Å²) >= 11 is 0. The molecular weight excluding hydrogens is 340 g/mol. The van der Waals surface area contributed by atoms with Crippen molar-refractivity contribution in [2.75, 3.05) is 0 Å². The second kappa shape index (κ2) is 7.82. The highest BCUT2D eigenvalue weighted by Gasteiger charge is 2.45. The molecule has 0 aromatic heterocycles. The van der Waals surface area contributed by atoms with Crippen molar-refractivity contribution in [3.8, 4) is 0 Å². The van der Waals surface area contributed by atoms with Gasteiger partial charge in [0.15, 0.2) is 6.10 Å². The van der Waals surface area contributed by atoms with Crippen LogP contribution < -0.4 is 0 Å². The fraction of sp³-hybridized carbons (Fsp3) is 0.368. The summed E-state index contributed by atoms with van der Waals surface area (Å²) in [4.78, 5) is 23.4. The summed E-state index contributed by atoms with van der Waals surface area (Å²) in [5, 5.41) is 20.1. The smallest absolute Gasteiger partial charge is 0.338 e. The Hall–Kier alpha value is -2.48. The van der Waals surface area contributed by atoms with Gasteiger partial charge in [-0.1, -0.05) is 24.3 Å². The van der Waals surface area contributed by atoms with Gasteiger partial charge in [-0.3, -0.25) is 0 Å². The minimum absolute atomic E-state index is 0.367. The summed E-state index contributed by atoms with van der Waals surface area (Å²) in [5.41, 5.74) is 0.367. The third-order valence-corrected chi connectivity index (χ3v) is 4.20. The number of rotatable bonds is 5. The number of ether oxygens (including phenoxy) is 3. The van der Waals surface area contributed by atoms with Gasteiger partial charge < -0.3 is 24.4 Å². The van der Waals surface area contributed by atoms with E-state index >= 15 is 0 Å². The Labute approximate surface area is 150 Å². The summed E-state index contributed by atoms with van der Waals surface area (Å²) < 4.78 is 16.0. The average Bonchev–Trinajstić information content (AvgIpc) is 2.94. The van der Waals surface area contributed by atoms with Crippen LogP contribution in [0.15, 0.2) is 54.6 Å². The molecule has 6 atom stereocenters. The van der Waals surface area contributed by atoms with Crippen LogP contribution in [0.2, 0.25) is 0 Å². The van der Waals surface area contributed by atoms with Gasteiger partial charge in [-0.2, -0.15) is 0 Å². The number of aliphatic hydroxyl groups is 2. The van der Waals surface area contributed by atoms with E-state index in [9.17, 15) is 19.8 Å². The Morgan fingerprint density at radius 2 is 2.04 bits per heavy atom. The van der Waals surface area contributed by atoms with Gasteiger partial charge in [0.2, 0.25) is 0 Å². The first-order chi connectivity index (χ1) is 12.5. The molecule has 0 amide bonds. The molecule has 1 saturated heterocycles. The van der Waals surface area contributed by atoms with Crippen molar-refractivity contribution in [3.05, 3.63) is 60.2 Å². The highest BCUT2D eigenvalue weighted by atomic mass is 16.6. The summed E-state index contributed by atoms with van der Waals surface area (Å²) in [6.45, 7) is 1.49. The van der Waals surface area contributed by atoms with Gasteiger partial charge in [0, 0.05) is 6.08 Å². The lowest BCUT2D eigenvalue weighted by molar-refractivity contribution is -0.150. The molecule has 26 heavy (non-hydrogen) atoms. The molecule has 1 fully saturated rings. The Morgan fingerprint density at radius 1 is 1.31 bits per heavy atom. The molecular formula is C19H20O7. The summed E-state index contributed by atoms with van der Waals surface area (Å²) in [6.07, 6.45) is 0.754. The molecule has 0 bridgehead atoms. The van der Waals surface area contributed by atoms with Gasteiger partial charge in [0.1, 0.15) is 24.4 Å². The van der Waals surface area contributed by atoms with Gasteiger partial charge >= 0.3 is 11.9 Å². The zero-order valence-electron chi connectivity index (χ0n) is 14.1. The predicted octanol–water partition coefficient (Wildman–Crippen LogP) is 0.759. The molecule has 138 valence electrons. The molecule has 2 aliphatic rings. The fourth-order valence-corrected chi connectivity index (χ4v) is 2.80. The van der Waals surface area contributed by atoms with Crippen molar-refractivity contribution in [2.45, 2.75) is 43.5 Å². The van der Waals surface area contributed by atoms with Crippen molar-refractivity contribution < 1.29 is 34.0 Å². The molecule has 7 nitrogen and oxygen atoms in total. The van der Waals surface area contributed by atoms with Crippen molar-refractivity contribution in [1.82, 2.24) is 0 Å². The molecule has 0 unspecified atom stereocenters. The molecule has 2 heterocycles. The van der Waals surface area contributed by atoms with Gasteiger partial charge in [-0.15, -0.1) is 0 Å². The van der Waals surface area contributed by atoms with Gasteiger partial charge in [0.25, 0.3) is 0 Å². The molecule has 1 aromatic carbocycles.